The maximum absolute atomic E-state index is 5.33. The number of hydrogen-bond donors (Lipinski definition) is 1. The molecule has 0 aliphatic carbocycles. The van der Waals surface area contributed by atoms with Crippen molar-refractivity contribution < 1.29 is 9.47 Å². The Labute approximate surface area is 109 Å². The van der Waals surface area contributed by atoms with Crippen molar-refractivity contribution in [1.29, 1.82) is 0 Å². The Morgan fingerprint density at radius 3 is 2.72 bits per heavy atom. The van der Waals surface area contributed by atoms with E-state index >= 15 is 0 Å². The molecular formula is C15H23NO2. The van der Waals surface area contributed by atoms with Crippen molar-refractivity contribution >= 4 is 0 Å². The predicted octanol–water partition coefficient (Wildman–Crippen LogP) is 2.64. The molecule has 18 heavy (non-hydrogen) atoms. The van der Waals surface area contributed by atoms with Gasteiger partial charge in [-0.3, -0.25) is 0 Å². The lowest BCUT2D eigenvalue weighted by molar-refractivity contribution is 0.351. The lowest BCUT2D eigenvalue weighted by atomic mass is 9.93. The van der Waals surface area contributed by atoms with Crippen LogP contribution in [-0.4, -0.2) is 27.3 Å². The molecule has 0 radical (unpaired) electrons. The Balaban J connectivity index is 1.92. The van der Waals surface area contributed by atoms with Crippen molar-refractivity contribution in [2.24, 2.45) is 5.92 Å². The minimum absolute atomic E-state index is 0.806. The second-order valence-corrected chi connectivity index (χ2v) is 4.94. The van der Waals surface area contributed by atoms with Gasteiger partial charge >= 0.3 is 0 Å². The van der Waals surface area contributed by atoms with Crippen LogP contribution in [-0.2, 0) is 6.42 Å². The first-order valence-corrected chi connectivity index (χ1v) is 6.75. The van der Waals surface area contributed by atoms with Crippen LogP contribution in [0.25, 0.3) is 0 Å². The van der Waals surface area contributed by atoms with E-state index in [2.05, 4.69) is 17.4 Å². The lowest BCUT2D eigenvalue weighted by Crippen LogP contribution is -2.29. The van der Waals surface area contributed by atoms with Gasteiger partial charge in [-0.1, -0.05) is 6.07 Å². The van der Waals surface area contributed by atoms with Crippen LogP contribution in [0.1, 0.15) is 24.8 Å². The standard InChI is InChI=1S/C15H23NO2/c1-17-14-8-7-12(10-15(14)18-2)5-6-13-4-3-9-16-11-13/h7-8,10,13,16H,3-6,9,11H2,1-2H3. The molecule has 0 spiro atoms. The molecule has 1 fully saturated rings. The molecule has 0 aromatic heterocycles. The largest absolute Gasteiger partial charge is 0.493 e. The molecule has 2 rings (SSSR count). The lowest BCUT2D eigenvalue weighted by Gasteiger charge is -2.22. The Kier molecular flexibility index (Phi) is 4.88. The fourth-order valence-corrected chi connectivity index (χ4v) is 2.58. The highest BCUT2D eigenvalue weighted by molar-refractivity contribution is 5.42. The van der Waals surface area contributed by atoms with Gasteiger partial charge in [-0.25, -0.2) is 0 Å². The third-order valence-electron chi connectivity index (χ3n) is 3.69. The molecule has 0 bridgehead atoms. The van der Waals surface area contributed by atoms with E-state index in [0.29, 0.717) is 0 Å². The second kappa shape index (κ2) is 6.64. The van der Waals surface area contributed by atoms with E-state index in [1.165, 1.54) is 37.9 Å². The first kappa shape index (κ1) is 13.2. The van der Waals surface area contributed by atoms with Crippen molar-refractivity contribution in [3.63, 3.8) is 0 Å². The summed E-state index contributed by atoms with van der Waals surface area (Å²) in [7, 11) is 3.36. The molecule has 1 saturated heterocycles. The Hall–Kier alpha value is -1.22. The molecule has 1 unspecified atom stereocenters. The summed E-state index contributed by atoms with van der Waals surface area (Å²) in [5.74, 6) is 2.46. The molecule has 1 heterocycles. The second-order valence-electron chi connectivity index (χ2n) is 4.94. The third kappa shape index (κ3) is 3.39. The summed E-state index contributed by atoms with van der Waals surface area (Å²) >= 11 is 0. The molecule has 0 saturated carbocycles. The monoisotopic (exact) mass is 249 g/mol. The van der Waals surface area contributed by atoms with Crippen LogP contribution in [0.15, 0.2) is 18.2 Å². The minimum Gasteiger partial charge on any atom is -0.493 e. The Morgan fingerprint density at radius 2 is 2.06 bits per heavy atom. The van der Waals surface area contributed by atoms with Gasteiger partial charge in [-0.2, -0.15) is 0 Å². The van der Waals surface area contributed by atoms with Gasteiger partial charge in [0.25, 0.3) is 0 Å². The van der Waals surface area contributed by atoms with E-state index in [1.807, 2.05) is 6.07 Å². The van der Waals surface area contributed by atoms with Crippen LogP contribution in [0.5, 0.6) is 11.5 Å². The number of methoxy groups -OCH3 is 2. The zero-order valence-electron chi connectivity index (χ0n) is 11.4. The van der Waals surface area contributed by atoms with Gasteiger partial charge in [0.15, 0.2) is 11.5 Å². The van der Waals surface area contributed by atoms with E-state index in [0.717, 1.165) is 23.8 Å². The Morgan fingerprint density at radius 1 is 1.22 bits per heavy atom. The molecule has 1 N–H and O–H groups in total. The summed E-state index contributed by atoms with van der Waals surface area (Å²) in [4.78, 5) is 0. The summed E-state index contributed by atoms with van der Waals surface area (Å²) in [5.41, 5.74) is 1.33. The normalized spacial score (nSPS) is 19.6. The summed E-state index contributed by atoms with van der Waals surface area (Å²) in [6.45, 7) is 2.36. The maximum atomic E-state index is 5.33. The number of benzene rings is 1. The van der Waals surface area contributed by atoms with Crippen LogP contribution < -0.4 is 14.8 Å². The zero-order valence-corrected chi connectivity index (χ0v) is 11.4. The molecule has 100 valence electrons. The molecular weight excluding hydrogens is 226 g/mol. The summed E-state index contributed by atoms with van der Waals surface area (Å²) < 4.78 is 10.6. The van der Waals surface area contributed by atoms with Crippen molar-refractivity contribution in [2.75, 3.05) is 27.3 Å². The first-order chi connectivity index (χ1) is 8.83. The van der Waals surface area contributed by atoms with Crippen LogP contribution in [0.2, 0.25) is 0 Å². The van der Waals surface area contributed by atoms with E-state index in [-0.39, 0.29) is 0 Å². The van der Waals surface area contributed by atoms with Gasteiger partial charge in [-0.05, 0) is 62.4 Å². The average Bonchev–Trinajstić information content (AvgIpc) is 2.45. The molecule has 1 atom stereocenters. The van der Waals surface area contributed by atoms with Crippen molar-refractivity contribution in [3.8, 4) is 11.5 Å². The van der Waals surface area contributed by atoms with Gasteiger partial charge in [0, 0.05) is 0 Å². The van der Waals surface area contributed by atoms with E-state index < -0.39 is 0 Å². The maximum Gasteiger partial charge on any atom is 0.160 e. The predicted molar refractivity (Wildman–Crippen MR) is 73.5 cm³/mol. The number of hydrogen-bond acceptors (Lipinski definition) is 3. The zero-order chi connectivity index (χ0) is 12.8. The van der Waals surface area contributed by atoms with E-state index in [1.54, 1.807) is 14.2 Å². The fraction of sp³-hybridized carbons (Fsp3) is 0.600. The topological polar surface area (TPSA) is 30.5 Å². The van der Waals surface area contributed by atoms with Gasteiger partial charge < -0.3 is 14.8 Å². The van der Waals surface area contributed by atoms with Gasteiger partial charge in [0.05, 0.1) is 14.2 Å². The van der Waals surface area contributed by atoms with Crippen LogP contribution in [0.3, 0.4) is 0 Å². The Bertz CT molecular complexity index is 373. The molecule has 3 heteroatoms. The number of nitrogens with one attached hydrogen (secondary N) is 1. The molecule has 0 amide bonds. The number of rotatable bonds is 5. The van der Waals surface area contributed by atoms with E-state index in [4.69, 9.17) is 9.47 Å². The van der Waals surface area contributed by atoms with Crippen molar-refractivity contribution in [2.45, 2.75) is 25.7 Å². The van der Waals surface area contributed by atoms with Crippen molar-refractivity contribution in [1.82, 2.24) is 5.32 Å². The summed E-state index contributed by atoms with van der Waals surface area (Å²) in [6.07, 6.45) is 5.05. The molecule has 1 aliphatic heterocycles. The fourth-order valence-electron chi connectivity index (χ4n) is 2.58. The minimum atomic E-state index is 0.806. The van der Waals surface area contributed by atoms with Gasteiger partial charge in [0.1, 0.15) is 0 Å². The highest BCUT2D eigenvalue weighted by Gasteiger charge is 2.13. The highest BCUT2D eigenvalue weighted by atomic mass is 16.5. The van der Waals surface area contributed by atoms with Crippen LogP contribution in [0.4, 0.5) is 0 Å². The first-order valence-electron chi connectivity index (χ1n) is 6.75. The summed E-state index contributed by atoms with van der Waals surface area (Å²) in [5, 5.41) is 3.47. The van der Waals surface area contributed by atoms with Crippen molar-refractivity contribution in [3.05, 3.63) is 23.8 Å². The number of ether oxygens (including phenoxy) is 2. The quantitative estimate of drug-likeness (QED) is 0.870. The highest BCUT2D eigenvalue weighted by Crippen LogP contribution is 2.28. The van der Waals surface area contributed by atoms with Crippen LogP contribution >= 0.6 is 0 Å². The number of piperidine rings is 1. The van der Waals surface area contributed by atoms with Crippen LogP contribution in [0, 0.1) is 5.92 Å². The average molecular weight is 249 g/mol. The third-order valence-corrected chi connectivity index (χ3v) is 3.69. The summed E-state index contributed by atoms with van der Waals surface area (Å²) in [6, 6.07) is 6.22. The van der Waals surface area contributed by atoms with Gasteiger partial charge in [0.2, 0.25) is 0 Å². The molecule has 1 aliphatic rings. The van der Waals surface area contributed by atoms with Gasteiger partial charge in [-0.15, -0.1) is 0 Å². The SMILES string of the molecule is COc1ccc(CCC2CCCNC2)cc1OC. The van der Waals surface area contributed by atoms with E-state index in [9.17, 15) is 0 Å². The molecule has 1 aromatic rings. The molecule has 3 nitrogen and oxygen atoms in total. The smallest absolute Gasteiger partial charge is 0.160 e. The molecule has 1 aromatic carbocycles. The number of aryl methyl sites for hydroxylation is 1.